The second kappa shape index (κ2) is 6.06. The summed E-state index contributed by atoms with van der Waals surface area (Å²) in [7, 11) is 0. The SMILES string of the molecule is CC(O)(CNc1ccc2ncc([N+](=O)[O-])n2n1)c1cccc(Cl)c1. The van der Waals surface area contributed by atoms with E-state index in [1.54, 1.807) is 43.3 Å². The van der Waals surface area contributed by atoms with Gasteiger partial charge in [0, 0.05) is 17.6 Å². The first-order valence-electron chi connectivity index (χ1n) is 7.08. The van der Waals surface area contributed by atoms with Crippen molar-refractivity contribution in [2.24, 2.45) is 0 Å². The van der Waals surface area contributed by atoms with Crippen LogP contribution in [0.15, 0.2) is 42.6 Å². The predicted octanol–water partition coefficient (Wildman–Crippen LogP) is 2.61. The molecule has 0 aliphatic carbocycles. The summed E-state index contributed by atoms with van der Waals surface area (Å²) in [6, 6.07) is 10.2. The average molecular weight is 348 g/mol. The highest BCUT2D eigenvalue weighted by molar-refractivity contribution is 6.30. The van der Waals surface area contributed by atoms with Gasteiger partial charge in [0.2, 0.25) is 5.65 Å². The number of rotatable bonds is 5. The number of nitrogens with one attached hydrogen (secondary N) is 1. The lowest BCUT2D eigenvalue weighted by atomic mass is 9.96. The molecular formula is C15H14ClN5O3. The van der Waals surface area contributed by atoms with E-state index in [9.17, 15) is 15.2 Å². The summed E-state index contributed by atoms with van der Waals surface area (Å²) >= 11 is 5.95. The minimum atomic E-state index is -1.19. The number of hydrogen-bond acceptors (Lipinski definition) is 6. The molecule has 0 saturated carbocycles. The third-order valence-electron chi connectivity index (χ3n) is 3.59. The Morgan fingerprint density at radius 2 is 2.21 bits per heavy atom. The first-order chi connectivity index (χ1) is 11.4. The standard InChI is InChI=1S/C15H14ClN5O3/c1-15(22,10-3-2-4-11(16)7-10)9-18-12-5-6-13-17-8-14(21(23)24)20(13)19-12/h2-8,22H,9H2,1H3,(H,18,19). The lowest BCUT2D eigenvalue weighted by Gasteiger charge is -2.24. The van der Waals surface area contributed by atoms with Crippen LogP contribution in [0.2, 0.25) is 5.02 Å². The molecule has 2 aromatic heterocycles. The summed E-state index contributed by atoms with van der Waals surface area (Å²) in [5.41, 5.74) is -0.173. The Morgan fingerprint density at radius 1 is 1.42 bits per heavy atom. The molecular weight excluding hydrogens is 334 g/mol. The Morgan fingerprint density at radius 3 is 2.92 bits per heavy atom. The van der Waals surface area contributed by atoms with Crippen LogP contribution in [0.1, 0.15) is 12.5 Å². The molecule has 0 aliphatic rings. The number of halogens is 1. The molecule has 124 valence electrons. The molecule has 1 unspecified atom stereocenters. The minimum Gasteiger partial charge on any atom is -0.384 e. The lowest BCUT2D eigenvalue weighted by molar-refractivity contribution is -0.391. The molecule has 1 aromatic carbocycles. The monoisotopic (exact) mass is 347 g/mol. The van der Waals surface area contributed by atoms with Gasteiger partial charge in [0.05, 0.1) is 0 Å². The van der Waals surface area contributed by atoms with Gasteiger partial charge >= 0.3 is 5.82 Å². The number of hydrogen-bond donors (Lipinski definition) is 2. The number of nitrogens with zero attached hydrogens (tertiary/aromatic N) is 4. The van der Waals surface area contributed by atoms with Crippen LogP contribution in [0.3, 0.4) is 0 Å². The zero-order valence-corrected chi connectivity index (χ0v) is 13.4. The summed E-state index contributed by atoms with van der Waals surface area (Å²) in [6.07, 6.45) is 1.15. The Labute approximate surface area is 141 Å². The van der Waals surface area contributed by atoms with Crippen LogP contribution in [-0.2, 0) is 5.60 Å². The van der Waals surface area contributed by atoms with E-state index in [0.717, 1.165) is 10.7 Å². The van der Waals surface area contributed by atoms with Gasteiger partial charge in [-0.3, -0.25) is 0 Å². The zero-order chi connectivity index (χ0) is 17.3. The molecule has 8 nitrogen and oxygen atoms in total. The summed E-state index contributed by atoms with van der Waals surface area (Å²) in [4.78, 5) is 14.3. The summed E-state index contributed by atoms with van der Waals surface area (Å²) in [5.74, 6) is 0.154. The Kier molecular flexibility index (Phi) is 4.08. The number of anilines is 1. The highest BCUT2D eigenvalue weighted by Gasteiger charge is 2.24. The van der Waals surface area contributed by atoms with Crippen molar-refractivity contribution in [3.05, 3.63) is 63.3 Å². The summed E-state index contributed by atoms with van der Waals surface area (Å²) in [5, 5.41) is 29.2. The van der Waals surface area contributed by atoms with Gasteiger partial charge < -0.3 is 20.5 Å². The van der Waals surface area contributed by atoms with Crippen molar-refractivity contribution in [2.75, 3.05) is 11.9 Å². The van der Waals surface area contributed by atoms with Gasteiger partial charge in [0.1, 0.15) is 11.8 Å². The molecule has 2 heterocycles. The first-order valence-corrected chi connectivity index (χ1v) is 7.46. The van der Waals surface area contributed by atoms with Crippen molar-refractivity contribution < 1.29 is 10.0 Å². The molecule has 0 bridgehead atoms. The van der Waals surface area contributed by atoms with E-state index in [4.69, 9.17) is 11.6 Å². The normalized spacial score (nSPS) is 13.6. The number of benzene rings is 1. The Balaban J connectivity index is 1.82. The van der Waals surface area contributed by atoms with Crippen molar-refractivity contribution in [3.63, 3.8) is 0 Å². The molecule has 1 atom stereocenters. The largest absolute Gasteiger partial charge is 0.384 e. The fraction of sp³-hybridized carbons (Fsp3) is 0.200. The molecule has 0 fully saturated rings. The number of imidazole rings is 1. The van der Waals surface area contributed by atoms with E-state index >= 15 is 0 Å². The van der Waals surface area contributed by atoms with Gasteiger partial charge in [0.15, 0.2) is 5.82 Å². The third-order valence-corrected chi connectivity index (χ3v) is 3.83. The molecule has 3 rings (SSSR count). The van der Waals surface area contributed by atoms with E-state index in [2.05, 4.69) is 15.4 Å². The van der Waals surface area contributed by atoms with Crippen LogP contribution in [0.25, 0.3) is 5.65 Å². The maximum atomic E-state index is 11.0. The fourth-order valence-corrected chi connectivity index (χ4v) is 2.46. The van der Waals surface area contributed by atoms with Gasteiger partial charge in [-0.2, -0.15) is 0 Å². The molecule has 0 spiro atoms. The highest BCUT2D eigenvalue weighted by Crippen LogP contribution is 2.24. The quantitative estimate of drug-likeness (QED) is 0.543. The van der Waals surface area contributed by atoms with Crippen molar-refractivity contribution in [2.45, 2.75) is 12.5 Å². The summed E-state index contributed by atoms with van der Waals surface area (Å²) in [6.45, 7) is 1.79. The van der Waals surface area contributed by atoms with Crippen molar-refractivity contribution >= 4 is 28.9 Å². The van der Waals surface area contributed by atoms with Gasteiger partial charge in [-0.1, -0.05) is 33.3 Å². The highest BCUT2D eigenvalue weighted by atomic mass is 35.5. The maximum Gasteiger partial charge on any atom is 0.368 e. The second-order valence-electron chi connectivity index (χ2n) is 5.50. The van der Waals surface area contributed by atoms with Crippen molar-refractivity contribution in [3.8, 4) is 0 Å². The van der Waals surface area contributed by atoms with E-state index in [-0.39, 0.29) is 12.4 Å². The third kappa shape index (κ3) is 3.15. The number of fused-ring (bicyclic) bond motifs is 1. The first kappa shape index (κ1) is 16.2. The average Bonchev–Trinajstić information content (AvgIpc) is 2.96. The van der Waals surface area contributed by atoms with E-state index < -0.39 is 10.5 Å². The molecule has 3 aromatic rings. The Hall–Kier alpha value is -2.71. The van der Waals surface area contributed by atoms with E-state index in [1.807, 2.05) is 0 Å². The van der Waals surface area contributed by atoms with Crippen LogP contribution >= 0.6 is 11.6 Å². The fourth-order valence-electron chi connectivity index (χ4n) is 2.27. The molecule has 0 aliphatic heterocycles. The van der Waals surface area contributed by atoms with Crippen LogP contribution in [-0.4, -0.2) is 31.2 Å². The van der Waals surface area contributed by atoms with Crippen LogP contribution in [0, 0.1) is 10.1 Å². The van der Waals surface area contributed by atoms with E-state index in [0.29, 0.717) is 22.1 Å². The van der Waals surface area contributed by atoms with Crippen LogP contribution in [0.4, 0.5) is 11.6 Å². The van der Waals surface area contributed by atoms with Crippen molar-refractivity contribution in [1.82, 2.24) is 14.6 Å². The van der Waals surface area contributed by atoms with Crippen LogP contribution in [0.5, 0.6) is 0 Å². The maximum absolute atomic E-state index is 11.0. The molecule has 2 N–H and O–H groups in total. The molecule has 0 amide bonds. The topological polar surface area (TPSA) is 106 Å². The van der Waals surface area contributed by atoms with Gasteiger partial charge in [-0.25, -0.2) is 4.98 Å². The molecule has 0 radical (unpaired) electrons. The van der Waals surface area contributed by atoms with Crippen molar-refractivity contribution in [1.29, 1.82) is 0 Å². The minimum absolute atomic E-state index is 0.147. The van der Waals surface area contributed by atoms with Gasteiger partial charge in [-0.05, 0) is 35.6 Å². The summed E-state index contributed by atoms with van der Waals surface area (Å²) < 4.78 is 1.14. The second-order valence-corrected chi connectivity index (χ2v) is 5.94. The number of nitro groups is 1. The molecule has 24 heavy (non-hydrogen) atoms. The Bertz CT molecular complexity index is 909. The predicted molar refractivity (Wildman–Crippen MR) is 89.2 cm³/mol. The lowest BCUT2D eigenvalue weighted by Crippen LogP contribution is -2.31. The number of aromatic nitrogens is 3. The zero-order valence-electron chi connectivity index (χ0n) is 12.7. The number of aliphatic hydroxyl groups is 1. The van der Waals surface area contributed by atoms with Gasteiger partial charge in [-0.15, -0.1) is 0 Å². The molecule has 9 heteroatoms. The van der Waals surface area contributed by atoms with Gasteiger partial charge in [0.25, 0.3) is 0 Å². The smallest absolute Gasteiger partial charge is 0.368 e. The van der Waals surface area contributed by atoms with E-state index in [1.165, 1.54) is 0 Å². The molecule has 0 saturated heterocycles. The van der Waals surface area contributed by atoms with Crippen LogP contribution < -0.4 is 5.32 Å².